The molecule has 15 heavy (non-hydrogen) atoms. The number of rotatable bonds is 3. The van der Waals surface area contributed by atoms with E-state index in [4.69, 9.17) is 4.42 Å². The number of halogens is 1. The average molecular weight is 206 g/mol. The molecule has 2 aromatic rings. The summed E-state index contributed by atoms with van der Waals surface area (Å²) in [6.45, 7) is 1.82. The van der Waals surface area contributed by atoms with E-state index < -0.39 is 0 Å². The Bertz CT molecular complexity index is 487. The number of fused-ring (bicyclic) bond motifs is 1. The molecule has 2 rings (SSSR count). The van der Waals surface area contributed by atoms with Crippen molar-refractivity contribution in [3.8, 4) is 0 Å². The lowest BCUT2D eigenvalue weighted by molar-refractivity contribution is -0.110. The summed E-state index contributed by atoms with van der Waals surface area (Å²) >= 11 is 0. The van der Waals surface area contributed by atoms with Crippen molar-refractivity contribution < 1.29 is 13.6 Å². The number of hydrogen-bond acceptors (Lipinski definition) is 2. The number of furan rings is 1. The normalized spacial score (nSPS) is 12.9. The minimum Gasteiger partial charge on any atom is -0.461 e. The molecule has 0 amide bonds. The van der Waals surface area contributed by atoms with Crippen molar-refractivity contribution in [1.82, 2.24) is 0 Å². The first-order valence-corrected chi connectivity index (χ1v) is 4.82. The van der Waals surface area contributed by atoms with Crippen molar-refractivity contribution in [3.63, 3.8) is 0 Å². The summed E-state index contributed by atoms with van der Waals surface area (Å²) in [5.74, 6) is 0.365. The zero-order valence-electron chi connectivity index (χ0n) is 8.37. The van der Waals surface area contributed by atoms with Crippen molar-refractivity contribution in [2.75, 3.05) is 0 Å². The van der Waals surface area contributed by atoms with Crippen LogP contribution in [0.1, 0.15) is 12.7 Å². The van der Waals surface area contributed by atoms with Gasteiger partial charge >= 0.3 is 0 Å². The number of benzene rings is 1. The highest BCUT2D eigenvalue weighted by molar-refractivity contribution is 5.77. The Labute approximate surface area is 86.7 Å². The smallest absolute Gasteiger partial charge is 0.134 e. The molecule has 1 aromatic heterocycles. The number of carbonyl (C=O) groups is 1. The summed E-state index contributed by atoms with van der Waals surface area (Å²) in [5, 5.41) is 0.739. The van der Waals surface area contributed by atoms with Gasteiger partial charge < -0.3 is 9.21 Å². The molecular weight excluding hydrogens is 195 g/mol. The van der Waals surface area contributed by atoms with Crippen LogP contribution in [0, 0.1) is 11.7 Å². The second-order valence-electron chi connectivity index (χ2n) is 3.71. The van der Waals surface area contributed by atoms with Crippen molar-refractivity contribution >= 4 is 17.3 Å². The number of hydrogen-bond donors (Lipinski definition) is 0. The first-order valence-electron chi connectivity index (χ1n) is 4.82. The van der Waals surface area contributed by atoms with Gasteiger partial charge in [0.25, 0.3) is 0 Å². The minimum atomic E-state index is -0.279. The third kappa shape index (κ3) is 2.06. The molecule has 3 heteroatoms. The molecule has 0 spiro atoms. The van der Waals surface area contributed by atoms with Crippen molar-refractivity contribution in [2.24, 2.45) is 5.92 Å². The average Bonchev–Trinajstić information content (AvgIpc) is 2.59. The van der Waals surface area contributed by atoms with E-state index in [1.165, 1.54) is 12.1 Å². The molecule has 1 atom stereocenters. The third-order valence-electron chi connectivity index (χ3n) is 2.28. The minimum absolute atomic E-state index is 0.0737. The van der Waals surface area contributed by atoms with Gasteiger partial charge in [0.05, 0.1) is 0 Å². The first-order chi connectivity index (χ1) is 7.19. The van der Waals surface area contributed by atoms with Gasteiger partial charge in [-0.05, 0) is 24.3 Å². The maximum absolute atomic E-state index is 12.9. The van der Waals surface area contributed by atoms with Gasteiger partial charge in [-0.1, -0.05) is 6.92 Å². The molecule has 0 aliphatic rings. The monoisotopic (exact) mass is 206 g/mol. The molecule has 1 aromatic carbocycles. The van der Waals surface area contributed by atoms with Gasteiger partial charge in [-0.25, -0.2) is 4.39 Å². The van der Waals surface area contributed by atoms with Crippen molar-refractivity contribution in [2.45, 2.75) is 13.3 Å². The number of carbonyl (C=O) groups excluding carboxylic acids is 1. The summed E-state index contributed by atoms with van der Waals surface area (Å²) < 4.78 is 18.3. The zero-order valence-corrected chi connectivity index (χ0v) is 8.37. The van der Waals surface area contributed by atoms with Crippen LogP contribution in [0.15, 0.2) is 28.7 Å². The SMILES string of the molecule is CC(C=O)Cc1cc2cc(F)ccc2o1. The van der Waals surface area contributed by atoms with Gasteiger partial charge in [-0.3, -0.25) is 0 Å². The van der Waals surface area contributed by atoms with Crippen LogP contribution in [0.25, 0.3) is 11.0 Å². The molecule has 0 radical (unpaired) electrons. The Balaban J connectivity index is 2.34. The molecule has 0 aliphatic carbocycles. The summed E-state index contributed by atoms with van der Waals surface area (Å²) in [6.07, 6.45) is 1.44. The predicted octanol–water partition coefficient (Wildman–Crippen LogP) is 2.95. The second kappa shape index (κ2) is 3.85. The van der Waals surface area contributed by atoms with E-state index in [1.807, 2.05) is 6.92 Å². The predicted molar refractivity (Wildman–Crippen MR) is 55.1 cm³/mol. The van der Waals surface area contributed by atoms with E-state index in [1.54, 1.807) is 12.1 Å². The molecule has 2 nitrogen and oxygen atoms in total. The van der Waals surface area contributed by atoms with Gasteiger partial charge in [0.1, 0.15) is 23.4 Å². The van der Waals surface area contributed by atoms with Crippen LogP contribution in [-0.4, -0.2) is 6.29 Å². The summed E-state index contributed by atoms with van der Waals surface area (Å²) in [4.78, 5) is 10.5. The highest BCUT2D eigenvalue weighted by atomic mass is 19.1. The van der Waals surface area contributed by atoms with Gasteiger partial charge in [0.2, 0.25) is 0 Å². The molecule has 0 N–H and O–H groups in total. The standard InChI is InChI=1S/C12H11FO2/c1-8(7-14)4-11-6-9-5-10(13)2-3-12(9)15-11/h2-3,5-8H,4H2,1H3. The highest BCUT2D eigenvalue weighted by Crippen LogP contribution is 2.21. The molecule has 0 saturated carbocycles. The van der Waals surface area contributed by atoms with E-state index >= 15 is 0 Å². The Kier molecular flexibility index (Phi) is 2.54. The van der Waals surface area contributed by atoms with Crippen LogP contribution in [0.2, 0.25) is 0 Å². The fourth-order valence-corrected chi connectivity index (χ4v) is 1.54. The van der Waals surface area contributed by atoms with E-state index in [9.17, 15) is 9.18 Å². The summed E-state index contributed by atoms with van der Waals surface area (Å²) in [5.41, 5.74) is 0.657. The lowest BCUT2D eigenvalue weighted by atomic mass is 10.1. The molecule has 78 valence electrons. The van der Waals surface area contributed by atoms with Crippen LogP contribution >= 0.6 is 0 Å². The lowest BCUT2D eigenvalue weighted by Crippen LogP contribution is -1.98. The van der Waals surface area contributed by atoms with Crippen molar-refractivity contribution in [1.29, 1.82) is 0 Å². The van der Waals surface area contributed by atoms with Crippen LogP contribution < -0.4 is 0 Å². The van der Waals surface area contributed by atoms with E-state index in [-0.39, 0.29) is 11.7 Å². The molecule has 0 bridgehead atoms. The fraction of sp³-hybridized carbons (Fsp3) is 0.250. The van der Waals surface area contributed by atoms with Crippen LogP contribution in [0.3, 0.4) is 0 Å². The Hall–Kier alpha value is -1.64. The maximum atomic E-state index is 12.9. The second-order valence-corrected chi connectivity index (χ2v) is 3.71. The fourth-order valence-electron chi connectivity index (χ4n) is 1.54. The van der Waals surface area contributed by atoms with Gasteiger partial charge in [-0.2, -0.15) is 0 Å². The molecular formula is C12H11FO2. The lowest BCUT2D eigenvalue weighted by Gasteiger charge is -1.97. The Morgan fingerprint density at radius 3 is 3.00 bits per heavy atom. The quantitative estimate of drug-likeness (QED) is 0.723. The highest BCUT2D eigenvalue weighted by Gasteiger charge is 2.08. The first kappa shape index (κ1) is 9.90. The largest absolute Gasteiger partial charge is 0.461 e. The van der Waals surface area contributed by atoms with E-state index in [0.29, 0.717) is 12.0 Å². The molecule has 0 saturated heterocycles. The van der Waals surface area contributed by atoms with Gasteiger partial charge in [0, 0.05) is 17.7 Å². The van der Waals surface area contributed by atoms with Crippen LogP contribution in [0.5, 0.6) is 0 Å². The zero-order chi connectivity index (χ0) is 10.8. The summed E-state index contributed by atoms with van der Waals surface area (Å²) in [7, 11) is 0. The van der Waals surface area contributed by atoms with Crippen LogP contribution in [-0.2, 0) is 11.2 Å². The maximum Gasteiger partial charge on any atom is 0.134 e. The van der Waals surface area contributed by atoms with E-state index in [2.05, 4.69) is 0 Å². The Morgan fingerprint density at radius 2 is 2.27 bits per heavy atom. The molecule has 0 aliphatic heterocycles. The van der Waals surface area contributed by atoms with E-state index in [0.717, 1.165) is 17.4 Å². The molecule has 1 unspecified atom stereocenters. The van der Waals surface area contributed by atoms with Gasteiger partial charge in [-0.15, -0.1) is 0 Å². The molecule has 0 fully saturated rings. The Morgan fingerprint density at radius 1 is 1.47 bits per heavy atom. The van der Waals surface area contributed by atoms with Crippen molar-refractivity contribution in [3.05, 3.63) is 35.8 Å². The molecule has 1 heterocycles. The number of aldehydes is 1. The van der Waals surface area contributed by atoms with Crippen LogP contribution in [0.4, 0.5) is 4.39 Å². The topological polar surface area (TPSA) is 30.2 Å². The summed E-state index contributed by atoms with van der Waals surface area (Å²) in [6, 6.07) is 6.16. The van der Waals surface area contributed by atoms with Gasteiger partial charge in [0.15, 0.2) is 0 Å². The third-order valence-corrected chi connectivity index (χ3v) is 2.28.